The van der Waals surface area contributed by atoms with E-state index in [-0.39, 0.29) is 11.9 Å². The van der Waals surface area contributed by atoms with Crippen LogP contribution < -0.4 is 10.6 Å². The number of anilines is 1. The molecule has 2 heterocycles. The van der Waals surface area contributed by atoms with Gasteiger partial charge in [0.1, 0.15) is 0 Å². The second kappa shape index (κ2) is 8.49. The van der Waals surface area contributed by atoms with Gasteiger partial charge >= 0.3 is 6.03 Å². The minimum absolute atomic E-state index is 0.274. The molecule has 0 spiro atoms. The smallest absolute Gasteiger partial charge is 0.319 e. The predicted octanol–water partition coefficient (Wildman–Crippen LogP) is 2.54. The standard InChI is InChI=1S/C19H24N4O3S/c1-27(25,26)23-12-9-15(10-13-23)14-21-19(24)22-17-8-5-11-20-18(17)16-6-3-2-4-7-16/h2-8,11,15H,9-10,12-14H2,1H3,(H2,21,22,24). The molecule has 2 amide bonds. The Bertz CT molecular complexity index is 879. The van der Waals surface area contributed by atoms with Gasteiger partial charge in [0.05, 0.1) is 17.6 Å². The molecule has 3 rings (SSSR count). The molecule has 0 atom stereocenters. The van der Waals surface area contributed by atoms with Gasteiger partial charge in [0.15, 0.2) is 0 Å². The number of urea groups is 1. The van der Waals surface area contributed by atoms with Crippen molar-refractivity contribution in [3.05, 3.63) is 48.7 Å². The number of carbonyl (C=O) groups excluding carboxylic acids is 1. The van der Waals surface area contributed by atoms with Crippen molar-refractivity contribution < 1.29 is 13.2 Å². The highest BCUT2D eigenvalue weighted by atomic mass is 32.2. The molecular formula is C19H24N4O3S. The number of amides is 2. The second-order valence-corrected chi connectivity index (χ2v) is 8.69. The molecule has 0 bridgehead atoms. The zero-order valence-corrected chi connectivity index (χ0v) is 16.1. The Balaban J connectivity index is 1.54. The summed E-state index contributed by atoms with van der Waals surface area (Å²) in [7, 11) is -3.13. The minimum Gasteiger partial charge on any atom is -0.338 e. The largest absolute Gasteiger partial charge is 0.338 e. The van der Waals surface area contributed by atoms with Crippen LogP contribution in [0.5, 0.6) is 0 Å². The van der Waals surface area contributed by atoms with E-state index < -0.39 is 10.0 Å². The molecule has 0 radical (unpaired) electrons. The minimum atomic E-state index is -3.13. The fourth-order valence-electron chi connectivity index (χ4n) is 3.18. The monoisotopic (exact) mass is 388 g/mol. The van der Waals surface area contributed by atoms with Crippen LogP contribution in [-0.4, -0.2) is 49.6 Å². The molecule has 27 heavy (non-hydrogen) atoms. The molecule has 0 aliphatic carbocycles. The van der Waals surface area contributed by atoms with Gasteiger partial charge in [0.25, 0.3) is 0 Å². The van der Waals surface area contributed by atoms with E-state index in [1.165, 1.54) is 10.6 Å². The molecule has 0 unspecified atom stereocenters. The Labute approximate surface area is 159 Å². The van der Waals surface area contributed by atoms with Crippen LogP contribution >= 0.6 is 0 Å². The topological polar surface area (TPSA) is 91.4 Å². The van der Waals surface area contributed by atoms with Gasteiger partial charge in [0.2, 0.25) is 10.0 Å². The summed E-state index contributed by atoms with van der Waals surface area (Å²) in [6.07, 6.45) is 4.42. The maximum atomic E-state index is 12.3. The number of nitrogens with zero attached hydrogens (tertiary/aromatic N) is 2. The first-order chi connectivity index (χ1) is 12.9. The lowest BCUT2D eigenvalue weighted by Gasteiger charge is -2.30. The van der Waals surface area contributed by atoms with Crippen LogP contribution in [0.3, 0.4) is 0 Å². The lowest BCUT2D eigenvalue weighted by atomic mass is 9.98. The average molecular weight is 388 g/mol. The van der Waals surface area contributed by atoms with Crippen LogP contribution in [0.15, 0.2) is 48.7 Å². The van der Waals surface area contributed by atoms with E-state index in [0.29, 0.717) is 25.3 Å². The zero-order valence-electron chi connectivity index (χ0n) is 15.3. The summed E-state index contributed by atoms with van der Waals surface area (Å²) in [6, 6.07) is 13.0. The summed E-state index contributed by atoms with van der Waals surface area (Å²) in [5.74, 6) is 0.274. The molecule has 1 fully saturated rings. The fourth-order valence-corrected chi connectivity index (χ4v) is 4.05. The van der Waals surface area contributed by atoms with Crippen molar-refractivity contribution in [1.82, 2.24) is 14.6 Å². The summed E-state index contributed by atoms with van der Waals surface area (Å²) in [6.45, 7) is 1.53. The van der Waals surface area contributed by atoms with Crippen molar-refractivity contribution in [2.75, 3.05) is 31.2 Å². The van der Waals surface area contributed by atoms with Crippen LogP contribution in [0.1, 0.15) is 12.8 Å². The van der Waals surface area contributed by atoms with E-state index in [2.05, 4.69) is 15.6 Å². The van der Waals surface area contributed by atoms with Gasteiger partial charge in [0, 0.05) is 31.4 Å². The van der Waals surface area contributed by atoms with Crippen molar-refractivity contribution in [1.29, 1.82) is 0 Å². The van der Waals surface area contributed by atoms with E-state index >= 15 is 0 Å². The maximum absolute atomic E-state index is 12.3. The van der Waals surface area contributed by atoms with Crippen molar-refractivity contribution in [2.24, 2.45) is 5.92 Å². The molecule has 144 valence electrons. The lowest BCUT2D eigenvalue weighted by molar-refractivity contribution is 0.241. The average Bonchev–Trinajstić information content (AvgIpc) is 2.67. The van der Waals surface area contributed by atoms with Gasteiger partial charge < -0.3 is 10.6 Å². The molecule has 0 saturated carbocycles. The summed E-state index contributed by atoms with van der Waals surface area (Å²) in [4.78, 5) is 16.7. The Morgan fingerprint density at radius 3 is 2.52 bits per heavy atom. The summed E-state index contributed by atoms with van der Waals surface area (Å²) >= 11 is 0. The van der Waals surface area contributed by atoms with Crippen LogP contribution in [0.25, 0.3) is 11.3 Å². The molecule has 8 heteroatoms. The van der Waals surface area contributed by atoms with E-state index in [1.807, 2.05) is 36.4 Å². The Morgan fingerprint density at radius 1 is 1.15 bits per heavy atom. The first kappa shape index (κ1) is 19.3. The maximum Gasteiger partial charge on any atom is 0.319 e. The van der Waals surface area contributed by atoms with Gasteiger partial charge in [-0.05, 0) is 30.9 Å². The summed E-state index contributed by atoms with van der Waals surface area (Å²) in [5, 5.41) is 5.75. The number of nitrogens with one attached hydrogen (secondary N) is 2. The lowest BCUT2D eigenvalue weighted by Crippen LogP contribution is -2.41. The molecule has 1 saturated heterocycles. The first-order valence-electron chi connectivity index (χ1n) is 8.94. The predicted molar refractivity (Wildman–Crippen MR) is 106 cm³/mol. The summed E-state index contributed by atoms with van der Waals surface area (Å²) in [5.41, 5.74) is 2.30. The van der Waals surface area contributed by atoms with E-state index in [0.717, 1.165) is 24.1 Å². The van der Waals surface area contributed by atoms with Gasteiger partial charge in [-0.1, -0.05) is 30.3 Å². The highest BCUT2D eigenvalue weighted by Gasteiger charge is 2.25. The second-order valence-electron chi connectivity index (χ2n) is 6.71. The number of benzene rings is 1. The van der Waals surface area contributed by atoms with Crippen LogP contribution in [0, 0.1) is 5.92 Å². The van der Waals surface area contributed by atoms with Crippen molar-refractivity contribution >= 4 is 21.7 Å². The number of piperidine rings is 1. The van der Waals surface area contributed by atoms with Gasteiger partial charge in [-0.2, -0.15) is 0 Å². The zero-order chi connectivity index (χ0) is 19.3. The summed E-state index contributed by atoms with van der Waals surface area (Å²) < 4.78 is 24.6. The van der Waals surface area contributed by atoms with Gasteiger partial charge in [-0.3, -0.25) is 4.98 Å². The third-order valence-corrected chi connectivity index (χ3v) is 6.00. The number of aromatic nitrogens is 1. The van der Waals surface area contributed by atoms with Gasteiger partial charge in [-0.25, -0.2) is 17.5 Å². The Morgan fingerprint density at radius 2 is 1.85 bits per heavy atom. The van der Waals surface area contributed by atoms with Crippen LogP contribution in [0.4, 0.5) is 10.5 Å². The van der Waals surface area contributed by atoms with Crippen molar-refractivity contribution in [3.8, 4) is 11.3 Å². The van der Waals surface area contributed by atoms with Crippen LogP contribution in [0.2, 0.25) is 0 Å². The number of carbonyl (C=O) groups is 1. The highest BCUT2D eigenvalue weighted by molar-refractivity contribution is 7.88. The molecular weight excluding hydrogens is 364 g/mol. The van der Waals surface area contributed by atoms with Crippen LogP contribution in [-0.2, 0) is 10.0 Å². The van der Waals surface area contributed by atoms with Crippen molar-refractivity contribution in [3.63, 3.8) is 0 Å². The number of hydrogen-bond acceptors (Lipinski definition) is 4. The third kappa shape index (κ3) is 5.27. The third-order valence-electron chi connectivity index (χ3n) is 4.70. The molecule has 1 aromatic heterocycles. The fraction of sp³-hybridized carbons (Fsp3) is 0.368. The normalized spacial score (nSPS) is 16.0. The molecule has 1 aliphatic heterocycles. The SMILES string of the molecule is CS(=O)(=O)N1CCC(CNC(=O)Nc2cccnc2-c2ccccc2)CC1. The number of rotatable bonds is 5. The highest BCUT2D eigenvalue weighted by Crippen LogP contribution is 2.25. The number of pyridine rings is 1. The number of hydrogen-bond donors (Lipinski definition) is 2. The first-order valence-corrected chi connectivity index (χ1v) is 10.8. The number of sulfonamides is 1. The molecule has 7 nitrogen and oxygen atoms in total. The Hall–Kier alpha value is -2.45. The molecule has 2 aromatic rings. The van der Waals surface area contributed by atoms with Crippen molar-refractivity contribution in [2.45, 2.75) is 12.8 Å². The van der Waals surface area contributed by atoms with E-state index in [4.69, 9.17) is 0 Å². The Kier molecular flexibility index (Phi) is 6.08. The molecule has 1 aromatic carbocycles. The quantitative estimate of drug-likeness (QED) is 0.823. The van der Waals surface area contributed by atoms with E-state index in [9.17, 15) is 13.2 Å². The molecule has 2 N–H and O–H groups in total. The van der Waals surface area contributed by atoms with Gasteiger partial charge in [-0.15, -0.1) is 0 Å². The molecule has 1 aliphatic rings. The van der Waals surface area contributed by atoms with E-state index in [1.54, 1.807) is 12.3 Å².